The number of ether oxygens (including phenoxy) is 1. The SMILES string of the molecule is O=C(COC(=O)C1CCN(S(=O)(=O)c2cccc(C(F)(F)F)c2)CC1)c1ccc(F)c(F)c1. The van der Waals surface area contributed by atoms with E-state index in [1.54, 1.807) is 0 Å². The van der Waals surface area contributed by atoms with Crippen molar-refractivity contribution in [2.45, 2.75) is 23.9 Å². The van der Waals surface area contributed by atoms with Crippen molar-refractivity contribution >= 4 is 21.8 Å². The van der Waals surface area contributed by atoms with Crippen LogP contribution in [0.5, 0.6) is 0 Å². The van der Waals surface area contributed by atoms with Crippen molar-refractivity contribution in [3.8, 4) is 0 Å². The minimum Gasteiger partial charge on any atom is -0.457 e. The number of benzene rings is 2. The van der Waals surface area contributed by atoms with Crippen LogP contribution in [0, 0.1) is 17.6 Å². The molecule has 0 amide bonds. The van der Waals surface area contributed by atoms with E-state index in [0.717, 1.165) is 34.6 Å². The van der Waals surface area contributed by atoms with Gasteiger partial charge in [0.1, 0.15) is 0 Å². The molecule has 0 bridgehead atoms. The number of ketones is 1. The van der Waals surface area contributed by atoms with Gasteiger partial charge >= 0.3 is 12.1 Å². The molecule has 33 heavy (non-hydrogen) atoms. The summed E-state index contributed by atoms with van der Waals surface area (Å²) in [5.74, 6) is -4.58. The summed E-state index contributed by atoms with van der Waals surface area (Å²) in [6.07, 6.45) is -4.62. The lowest BCUT2D eigenvalue weighted by Crippen LogP contribution is -2.40. The summed E-state index contributed by atoms with van der Waals surface area (Å²) in [6.45, 7) is -0.961. The largest absolute Gasteiger partial charge is 0.457 e. The smallest absolute Gasteiger partial charge is 0.416 e. The van der Waals surface area contributed by atoms with Crippen molar-refractivity contribution < 1.29 is 44.7 Å². The van der Waals surface area contributed by atoms with Gasteiger partial charge in [-0.3, -0.25) is 9.59 Å². The van der Waals surface area contributed by atoms with Crippen LogP contribution in [-0.4, -0.2) is 44.2 Å². The first-order valence-electron chi connectivity index (χ1n) is 9.72. The molecule has 0 aromatic heterocycles. The molecule has 0 aliphatic carbocycles. The summed E-state index contributed by atoms with van der Waals surface area (Å²) in [6, 6.07) is 5.89. The van der Waals surface area contributed by atoms with Gasteiger partial charge in [0.05, 0.1) is 16.4 Å². The first-order valence-corrected chi connectivity index (χ1v) is 11.2. The summed E-state index contributed by atoms with van der Waals surface area (Å²) >= 11 is 0. The molecule has 1 fully saturated rings. The zero-order valence-electron chi connectivity index (χ0n) is 16.9. The Balaban J connectivity index is 1.57. The molecule has 1 aliphatic heterocycles. The molecule has 6 nitrogen and oxygen atoms in total. The van der Waals surface area contributed by atoms with Crippen LogP contribution in [0.25, 0.3) is 0 Å². The van der Waals surface area contributed by atoms with Crippen molar-refractivity contribution in [2.75, 3.05) is 19.7 Å². The van der Waals surface area contributed by atoms with Crippen molar-refractivity contribution in [3.05, 3.63) is 65.2 Å². The highest BCUT2D eigenvalue weighted by Gasteiger charge is 2.35. The summed E-state index contributed by atoms with van der Waals surface area (Å²) in [4.78, 5) is 23.7. The average molecular weight is 491 g/mol. The second-order valence-electron chi connectivity index (χ2n) is 7.36. The van der Waals surface area contributed by atoms with Gasteiger partial charge in [-0.15, -0.1) is 0 Å². The third-order valence-corrected chi connectivity index (χ3v) is 7.07. The minimum atomic E-state index is -4.70. The van der Waals surface area contributed by atoms with Gasteiger partial charge in [0.25, 0.3) is 0 Å². The fourth-order valence-corrected chi connectivity index (χ4v) is 4.84. The van der Waals surface area contributed by atoms with E-state index in [-0.39, 0.29) is 31.5 Å². The van der Waals surface area contributed by atoms with Crippen molar-refractivity contribution in [3.63, 3.8) is 0 Å². The van der Waals surface area contributed by atoms with Gasteiger partial charge in [0.15, 0.2) is 24.0 Å². The van der Waals surface area contributed by atoms with Gasteiger partial charge in [-0.25, -0.2) is 17.2 Å². The van der Waals surface area contributed by atoms with Crippen LogP contribution >= 0.6 is 0 Å². The average Bonchev–Trinajstić information content (AvgIpc) is 2.78. The Morgan fingerprint density at radius 2 is 1.67 bits per heavy atom. The van der Waals surface area contributed by atoms with Crippen molar-refractivity contribution in [1.82, 2.24) is 4.31 Å². The maximum atomic E-state index is 13.2. The van der Waals surface area contributed by atoms with Crippen LogP contribution in [0.1, 0.15) is 28.8 Å². The normalized spacial score (nSPS) is 15.9. The highest BCUT2D eigenvalue weighted by atomic mass is 32.2. The van der Waals surface area contributed by atoms with E-state index < -0.39 is 62.6 Å². The zero-order valence-corrected chi connectivity index (χ0v) is 17.8. The number of alkyl halides is 3. The number of piperidine rings is 1. The number of Topliss-reactive ketones (excluding diaryl/α,β-unsaturated/α-hetero) is 1. The maximum Gasteiger partial charge on any atom is 0.416 e. The molecule has 0 spiro atoms. The maximum absolute atomic E-state index is 13.2. The fraction of sp³-hybridized carbons (Fsp3) is 0.333. The van der Waals surface area contributed by atoms with E-state index in [4.69, 9.17) is 4.74 Å². The van der Waals surface area contributed by atoms with Gasteiger partial charge < -0.3 is 4.74 Å². The van der Waals surface area contributed by atoms with E-state index in [1.807, 2.05) is 0 Å². The third-order valence-electron chi connectivity index (χ3n) is 5.17. The summed E-state index contributed by atoms with van der Waals surface area (Å²) in [5.41, 5.74) is -1.27. The number of carbonyl (C=O) groups is 2. The highest BCUT2D eigenvalue weighted by molar-refractivity contribution is 7.89. The van der Waals surface area contributed by atoms with E-state index in [0.29, 0.717) is 12.1 Å². The number of hydrogen-bond acceptors (Lipinski definition) is 5. The molecule has 0 atom stereocenters. The molecular weight excluding hydrogens is 473 g/mol. The molecule has 0 radical (unpaired) electrons. The lowest BCUT2D eigenvalue weighted by molar-refractivity contribution is -0.148. The number of esters is 1. The Morgan fingerprint density at radius 1 is 1.00 bits per heavy atom. The molecule has 0 unspecified atom stereocenters. The van der Waals surface area contributed by atoms with Gasteiger partial charge in [0, 0.05) is 18.7 Å². The number of sulfonamides is 1. The summed E-state index contributed by atoms with van der Waals surface area (Å²) in [5, 5.41) is 0. The first kappa shape index (κ1) is 24.8. The van der Waals surface area contributed by atoms with Crippen molar-refractivity contribution in [1.29, 1.82) is 0 Å². The molecule has 3 rings (SSSR count). The molecular formula is C21H18F5NO5S. The molecule has 1 saturated heterocycles. The van der Waals surface area contributed by atoms with E-state index in [1.165, 1.54) is 0 Å². The predicted molar refractivity (Wildman–Crippen MR) is 105 cm³/mol. The van der Waals surface area contributed by atoms with Gasteiger partial charge in [-0.2, -0.15) is 17.5 Å². The fourth-order valence-electron chi connectivity index (χ4n) is 3.32. The van der Waals surface area contributed by atoms with Crippen molar-refractivity contribution in [2.24, 2.45) is 5.92 Å². The molecule has 12 heteroatoms. The Hall–Kier alpha value is -2.86. The summed E-state index contributed by atoms with van der Waals surface area (Å²) in [7, 11) is -4.20. The van der Waals surface area contributed by atoms with Gasteiger partial charge in [-0.1, -0.05) is 6.07 Å². The predicted octanol–water partition coefficient (Wildman–Crippen LogP) is 3.81. The number of carbonyl (C=O) groups excluding carboxylic acids is 2. The van der Waals surface area contributed by atoms with Crippen LogP contribution in [0.15, 0.2) is 47.4 Å². The Bertz CT molecular complexity index is 1160. The third kappa shape index (κ3) is 5.74. The second-order valence-corrected chi connectivity index (χ2v) is 9.30. The summed E-state index contributed by atoms with van der Waals surface area (Å²) < 4.78 is 96.2. The topological polar surface area (TPSA) is 80.8 Å². The minimum absolute atomic E-state index is 0.0381. The zero-order chi connectivity index (χ0) is 24.4. The molecule has 1 heterocycles. The van der Waals surface area contributed by atoms with Crippen LogP contribution in [-0.2, 0) is 25.7 Å². The standard InChI is InChI=1S/C21H18F5NO5S/c22-17-5-4-14(10-18(17)23)19(28)12-32-20(29)13-6-8-27(9-7-13)33(30,31)16-3-1-2-15(11-16)21(24,25)26/h1-5,10-11,13H,6-9,12H2. The van der Waals surface area contributed by atoms with Crippen LogP contribution in [0.4, 0.5) is 22.0 Å². The Morgan fingerprint density at radius 3 is 2.27 bits per heavy atom. The van der Waals surface area contributed by atoms with Gasteiger partial charge in [0.2, 0.25) is 10.0 Å². The molecule has 178 valence electrons. The van der Waals surface area contributed by atoms with Gasteiger partial charge in [-0.05, 0) is 49.2 Å². The number of hydrogen-bond donors (Lipinski definition) is 0. The molecule has 0 N–H and O–H groups in total. The number of halogens is 5. The first-order chi connectivity index (χ1) is 15.4. The molecule has 1 aliphatic rings. The molecule has 0 saturated carbocycles. The van der Waals surface area contributed by atoms with E-state index in [2.05, 4.69) is 0 Å². The number of nitrogens with zero attached hydrogens (tertiary/aromatic N) is 1. The number of rotatable bonds is 6. The Kier molecular flexibility index (Phi) is 7.17. The second kappa shape index (κ2) is 9.56. The van der Waals surface area contributed by atoms with E-state index >= 15 is 0 Å². The van der Waals surface area contributed by atoms with E-state index in [9.17, 15) is 40.0 Å². The Labute approximate surface area is 186 Å². The van der Waals surface area contributed by atoms with Crippen LogP contribution in [0.3, 0.4) is 0 Å². The lowest BCUT2D eigenvalue weighted by atomic mass is 9.98. The monoisotopic (exact) mass is 491 g/mol. The highest BCUT2D eigenvalue weighted by Crippen LogP contribution is 2.32. The quantitative estimate of drug-likeness (QED) is 0.349. The molecule has 2 aromatic rings. The molecule has 2 aromatic carbocycles. The van der Waals surface area contributed by atoms with Crippen LogP contribution in [0.2, 0.25) is 0 Å². The lowest BCUT2D eigenvalue weighted by Gasteiger charge is -2.30. The van der Waals surface area contributed by atoms with Crippen LogP contribution < -0.4 is 0 Å².